The molecule has 0 radical (unpaired) electrons. The molecule has 1 aromatic heterocycles. The van der Waals surface area contributed by atoms with Crippen LogP contribution < -0.4 is 10.9 Å². The minimum absolute atomic E-state index is 0.129. The molecule has 7 heteroatoms. The standard InChI is InChI=1S/C21H22FN3O2S/c1-4-11-23-19(26)14(3)28-21-24-18-8-6-5-7-16(18)20(27)25(21)15-10-9-13(2)17(22)12-15/h5-10,12,14H,4,11H2,1-3H3,(H,23,26). The van der Waals surface area contributed by atoms with Crippen molar-refractivity contribution in [1.29, 1.82) is 0 Å². The molecule has 1 amide bonds. The SMILES string of the molecule is CCCNC(=O)C(C)Sc1nc2ccccc2c(=O)n1-c1ccc(C)c(F)c1. The van der Waals surface area contributed by atoms with Crippen molar-refractivity contribution in [3.8, 4) is 5.69 Å². The van der Waals surface area contributed by atoms with Crippen LogP contribution in [0.1, 0.15) is 25.8 Å². The van der Waals surface area contributed by atoms with E-state index in [9.17, 15) is 14.0 Å². The van der Waals surface area contributed by atoms with E-state index in [0.29, 0.717) is 33.9 Å². The van der Waals surface area contributed by atoms with Crippen LogP contribution in [0.2, 0.25) is 0 Å². The Kier molecular flexibility index (Phi) is 6.14. The first-order chi connectivity index (χ1) is 13.4. The number of aryl methyl sites for hydroxylation is 1. The second-order valence-corrected chi connectivity index (χ2v) is 7.84. The van der Waals surface area contributed by atoms with Gasteiger partial charge in [-0.2, -0.15) is 0 Å². The fourth-order valence-corrected chi connectivity index (χ4v) is 3.69. The highest BCUT2D eigenvalue weighted by Crippen LogP contribution is 2.25. The zero-order chi connectivity index (χ0) is 20.3. The molecule has 0 bridgehead atoms. The summed E-state index contributed by atoms with van der Waals surface area (Å²) in [6.45, 7) is 5.99. The molecule has 28 heavy (non-hydrogen) atoms. The van der Waals surface area contributed by atoms with Crippen LogP contribution >= 0.6 is 11.8 Å². The molecule has 0 fully saturated rings. The number of hydrogen-bond donors (Lipinski definition) is 1. The number of carbonyl (C=O) groups excluding carboxylic acids is 1. The van der Waals surface area contributed by atoms with Gasteiger partial charge in [-0.15, -0.1) is 0 Å². The Hall–Kier alpha value is -2.67. The van der Waals surface area contributed by atoms with Gasteiger partial charge in [0.15, 0.2) is 5.16 Å². The lowest BCUT2D eigenvalue weighted by atomic mass is 10.2. The van der Waals surface area contributed by atoms with Crippen LogP contribution in [0, 0.1) is 12.7 Å². The first kappa shape index (κ1) is 20.1. The largest absolute Gasteiger partial charge is 0.355 e. The molecule has 0 saturated heterocycles. The molecular weight excluding hydrogens is 377 g/mol. The van der Waals surface area contributed by atoms with Crippen molar-refractivity contribution < 1.29 is 9.18 Å². The molecule has 2 aromatic carbocycles. The summed E-state index contributed by atoms with van der Waals surface area (Å²) in [6, 6.07) is 11.6. The topological polar surface area (TPSA) is 64.0 Å². The van der Waals surface area contributed by atoms with Gasteiger partial charge in [-0.3, -0.25) is 14.2 Å². The maximum atomic E-state index is 14.2. The molecular formula is C21H22FN3O2S. The fourth-order valence-electron chi connectivity index (χ4n) is 2.74. The third kappa shape index (κ3) is 4.09. The number of halogens is 1. The highest BCUT2D eigenvalue weighted by atomic mass is 32.2. The van der Waals surface area contributed by atoms with Crippen molar-refractivity contribution in [2.24, 2.45) is 0 Å². The van der Waals surface area contributed by atoms with E-state index in [0.717, 1.165) is 6.42 Å². The summed E-state index contributed by atoms with van der Waals surface area (Å²) in [5.41, 5.74) is 1.12. The van der Waals surface area contributed by atoms with Crippen LogP contribution in [0.5, 0.6) is 0 Å². The predicted octanol–water partition coefficient (Wildman–Crippen LogP) is 3.84. The molecule has 5 nitrogen and oxygen atoms in total. The van der Waals surface area contributed by atoms with Gasteiger partial charge >= 0.3 is 0 Å². The third-order valence-electron chi connectivity index (χ3n) is 4.36. The van der Waals surface area contributed by atoms with Gasteiger partial charge in [0.1, 0.15) is 5.82 Å². The molecule has 3 rings (SSSR count). The Labute approximate surface area is 167 Å². The van der Waals surface area contributed by atoms with E-state index in [1.807, 2.05) is 6.92 Å². The molecule has 146 valence electrons. The smallest absolute Gasteiger partial charge is 0.266 e. The van der Waals surface area contributed by atoms with E-state index in [1.165, 1.54) is 22.4 Å². The normalized spacial score (nSPS) is 12.1. The number of para-hydroxylation sites is 1. The number of fused-ring (bicyclic) bond motifs is 1. The third-order valence-corrected chi connectivity index (χ3v) is 5.41. The second kappa shape index (κ2) is 8.56. The average molecular weight is 399 g/mol. The van der Waals surface area contributed by atoms with Crippen LogP contribution in [-0.4, -0.2) is 27.3 Å². The summed E-state index contributed by atoms with van der Waals surface area (Å²) in [5, 5.41) is 3.18. The number of benzene rings is 2. The van der Waals surface area contributed by atoms with Crippen molar-refractivity contribution in [2.45, 2.75) is 37.6 Å². The maximum Gasteiger partial charge on any atom is 0.266 e. The van der Waals surface area contributed by atoms with Crippen molar-refractivity contribution in [2.75, 3.05) is 6.54 Å². The zero-order valence-corrected chi connectivity index (χ0v) is 16.8. The van der Waals surface area contributed by atoms with Gasteiger partial charge in [0.05, 0.1) is 21.8 Å². The maximum absolute atomic E-state index is 14.2. The Balaban J connectivity index is 2.13. The first-order valence-corrected chi connectivity index (χ1v) is 10.0. The van der Waals surface area contributed by atoms with Crippen LogP contribution in [0.15, 0.2) is 52.4 Å². The van der Waals surface area contributed by atoms with Crippen molar-refractivity contribution in [1.82, 2.24) is 14.9 Å². The van der Waals surface area contributed by atoms with Crippen molar-refractivity contribution >= 4 is 28.6 Å². The van der Waals surface area contributed by atoms with E-state index < -0.39 is 11.1 Å². The molecule has 1 atom stereocenters. The van der Waals surface area contributed by atoms with E-state index >= 15 is 0 Å². The lowest BCUT2D eigenvalue weighted by Crippen LogP contribution is -2.32. The fraction of sp³-hybridized carbons (Fsp3) is 0.286. The molecule has 0 aliphatic heterocycles. The Morgan fingerprint density at radius 1 is 1.29 bits per heavy atom. The molecule has 1 N–H and O–H groups in total. The predicted molar refractivity (Wildman–Crippen MR) is 111 cm³/mol. The quantitative estimate of drug-likeness (QED) is 0.505. The van der Waals surface area contributed by atoms with Gasteiger partial charge in [-0.25, -0.2) is 9.37 Å². The molecule has 0 saturated carbocycles. The summed E-state index contributed by atoms with van der Waals surface area (Å²) in [6.07, 6.45) is 0.838. The van der Waals surface area contributed by atoms with Crippen molar-refractivity contribution in [3.63, 3.8) is 0 Å². The number of hydrogen-bond acceptors (Lipinski definition) is 4. The van der Waals surface area contributed by atoms with Crippen LogP contribution in [0.25, 0.3) is 16.6 Å². The minimum atomic E-state index is -0.457. The zero-order valence-electron chi connectivity index (χ0n) is 16.0. The van der Waals surface area contributed by atoms with E-state index in [2.05, 4.69) is 10.3 Å². The number of carbonyl (C=O) groups is 1. The van der Waals surface area contributed by atoms with Gasteiger partial charge < -0.3 is 5.32 Å². The van der Waals surface area contributed by atoms with Gasteiger partial charge in [0.25, 0.3) is 5.56 Å². The van der Waals surface area contributed by atoms with E-state index in [-0.39, 0.29) is 11.5 Å². The number of nitrogens with zero attached hydrogens (tertiary/aromatic N) is 2. The number of amides is 1. The Morgan fingerprint density at radius 2 is 2.04 bits per heavy atom. The number of nitrogens with one attached hydrogen (secondary N) is 1. The van der Waals surface area contributed by atoms with Gasteiger partial charge in [0.2, 0.25) is 5.91 Å². The summed E-state index contributed by atoms with van der Waals surface area (Å²) < 4.78 is 15.5. The first-order valence-electron chi connectivity index (χ1n) is 9.15. The van der Waals surface area contributed by atoms with Crippen LogP contribution in [-0.2, 0) is 4.79 Å². The summed E-state index contributed by atoms with van der Waals surface area (Å²) >= 11 is 1.18. The van der Waals surface area contributed by atoms with Crippen LogP contribution in [0.3, 0.4) is 0 Å². The Morgan fingerprint density at radius 3 is 2.75 bits per heavy atom. The molecule has 0 aliphatic rings. The lowest BCUT2D eigenvalue weighted by molar-refractivity contribution is -0.120. The van der Waals surface area contributed by atoms with Crippen molar-refractivity contribution in [3.05, 3.63) is 64.2 Å². The summed E-state index contributed by atoms with van der Waals surface area (Å²) in [5.74, 6) is -0.529. The summed E-state index contributed by atoms with van der Waals surface area (Å²) in [4.78, 5) is 30.0. The highest BCUT2D eigenvalue weighted by Gasteiger charge is 2.20. The molecule has 1 unspecified atom stereocenters. The molecule has 0 spiro atoms. The number of aromatic nitrogens is 2. The van der Waals surface area contributed by atoms with Gasteiger partial charge in [-0.05, 0) is 50.1 Å². The average Bonchev–Trinajstić information content (AvgIpc) is 2.68. The highest BCUT2D eigenvalue weighted by molar-refractivity contribution is 8.00. The lowest BCUT2D eigenvalue weighted by Gasteiger charge is -2.16. The van der Waals surface area contributed by atoms with E-state index in [1.54, 1.807) is 50.2 Å². The molecule has 3 aromatic rings. The molecule has 1 heterocycles. The second-order valence-electron chi connectivity index (χ2n) is 6.54. The number of thioether (sulfide) groups is 1. The molecule has 0 aliphatic carbocycles. The Bertz CT molecular complexity index is 1080. The van der Waals surface area contributed by atoms with Crippen LogP contribution in [0.4, 0.5) is 4.39 Å². The minimum Gasteiger partial charge on any atom is -0.355 e. The van der Waals surface area contributed by atoms with E-state index in [4.69, 9.17) is 0 Å². The van der Waals surface area contributed by atoms with Gasteiger partial charge in [0, 0.05) is 6.54 Å². The summed E-state index contributed by atoms with van der Waals surface area (Å²) in [7, 11) is 0. The number of rotatable bonds is 6. The van der Waals surface area contributed by atoms with Gasteiger partial charge in [-0.1, -0.05) is 36.9 Å². The monoisotopic (exact) mass is 399 g/mol.